The summed E-state index contributed by atoms with van der Waals surface area (Å²) in [6.45, 7) is 16.1. The van der Waals surface area contributed by atoms with Gasteiger partial charge in [0.05, 0.1) is 11.0 Å². The van der Waals surface area contributed by atoms with Crippen LogP contribution in [0.1, 0.15) is 82.5 Å². The molecule has 30 heavy (non-hydrogen) atoms. The van der Waals surface area contributed by atoms with Crippen molar-refractivity contribution in [2.75, 3.05) is 5.32 Å². The van der Waals surface area contributed by atoms with Crippen LogP contribution in [0.25, 0.3) is 11.0 Å². The highest BCUT2D eigenvalue weighted by molar-refractivity contribution is 5.83. The maximum absolute atomic E-state index is 5.11. The van der Waals surface area contributed by atoms with Crippen molar-refractivity contribution in [3.05, 3.63) is 53.1 Å². The average Bonchev–Trinajstić information content (AvgIpc) is 2.98. The van der Waals surface area contributed by atoms with Crippen LogP contribution in [0.2, 0.25) is 0 Å². The van der Waals surface area contributed by atoms with Crippen LogP contribution in [0, 0.1) is 25.2 Å². The monoisotopic (exact) mass is 403 g/mol. The number of hydrogen-bond acceptors (Lipinski definition) is 2. The third-order valence-corrected chi connectivity index (χ3v) is 6.69. The Morgan fingerprint density at radius 2 is 1.77 bits per heavy atom. The fraction of sp³-hybridized carbons (Fsp3) is 0.519. The molecule has 0 unspecified atom stereocenters. The van der Waals surface area contributed by atoms with Gasteiger partial charge in [-0.15, -0.1) is 0 Å². The molecule has 1 aliphatic rings. The van der Waals surface area contributed by atoms with Crippen LogP contribution in [0.4, 0.5) is 11.6 Å². The molecule has 0 bridgehead atoms. The summed E-state index contributed by atoms with van der Waals surface area (Å²) in [6, 6.07) is 13.8. The molecular weight excluding hydrogens is 366 g/mol. The minimum Gasteiger partial charge on any atom is -0.326 e. The molecule has 0 amide bonds. The quantitative estimate of drug-likeness (QED) is 0.479. The van der Waals surface area contributed by atoms with Crippen LogP contribution in [0.5, 0.6) is 0 Å². The van der Waals surface area contributed by atoms with Gasteiger partial charge in [-0.25, -0.2) is 4.98 Å². The Labute approximate surface area is 181 Å². The van der Waals surface area contributed by atoms with Gasteiger partial charge in [0.2, 0.25) is 5.95 Å². The Bertz CT molecular complexity index is 1040. The zero-order valence-electron chi connectivity index (χ0n) is 19.7. The first-order valence-corrected chi connectivity index (χ1v) is 11.5. The minimum atomic E-state index is 0.355. The number of nitrogens with zero attached hydrogens (tertiary/aromatic N) is 2. The summed E-state index contributed by atoms with van der Waals surface area (Å²) >= 11 is 0. The SMILES string of the molecule is Cc1cc(C)c2nc(Nc3ccc(C(C)C)cc3)n([C@@H]3C[C@H](C)CC(C)(C)C3)c2c1. The topological polar surface area (TPSA) is 29.9 Å². The van der Waals surface area contributed by atoms with Crippen molar-refractivity contribution in [2.24, 2.45) is 11.3 Å². The summed E-state index contributed by atoms with van der Waals surface area (Å²) in [4.78, 5) is 5.11. The van der Waals surface area contributed by atoms with Gasteiger partial charge in [0.15, 0.2) is 0 Å². The number of imidazole rings is 1. The summed E-state index contributed by atoms with van der Waals surface area (Å²) in [5, 5.41) is 3.67. The second-order valence-corrected chi connectivity index (χ2v) is 10.7. The number of hydrogen-bond donors (Lipinski definition) is 1. The van der Waals surface area contributed by atoms with Crippen LogP contribution in [0.15, 0.2) is 36.4 Å². The number of fused-ring (bicyclic) bond motifs is 1. The normalized spacial score (nSPS) is 21.3. The van der Waals surface area contributed by atoms with E-state index in [0.29, 0.717) is 17.4 Å². The lowest BCUT2D eigenvalue weighted by molar-refractivity contribution is 0.140. The van der Waals surface area contributed by atoms with Gasteiger partial charge < -0.3 is 9.88 Å². The molecule has 1 fully saturated rings. The van der Waals surface area contributed by atoms with Crippen LogP contribution >= 0.6 is 0 Å². The Morgan fingerprint density at radius 1 is 1.07 bits per heavy atom. The molecule has 1 heterocycles. The minimum absolute atomic E-state index is 0.355. The predicted octanol–water partition coefficient (Wildman–Crippen LogP) is 7.91. The molecule has 0 radical (unpaired) electrons. The number of rotatable bonds is 4. The van der Waals surface area contributed by atoms with Gasteiger partial charge in [0, 0.05) is 11.7 Å². The van der Waals surface area contributed by atoms with Gasteiger partial charge in [-0.05, 0) is 85.3 Å². The first kappa shape index (κ1) is 21.0. The second kappa shape index (κ2) is 7.76. The molecule has 3 nitrogen and oxygen atoms in total. The summed E-state index contributed by atoms with van der Waals surface area (Å²) in [5.41, 5.74) is 7.77. The standard InChI is InChI=1S/C27H37N3/c1-17(2)21-8-10-22(11-9-21)28-26-29-25-20(5)12-18(3)14-24(25)30(26)23-13-19(4)15-27(6,7)16-23/h8-12,14,17,19,23H,13,15-16H2,1-7H3,(H,28,29)/t19-,23+/m0/s1. The van der Waals surface area contributed by atoms with E-state index in [0.717, 1.165) is 23.1 Å². The van der Waals surface area contributed by atoms with Crippen molar-refractivity contribution in [2.45, 2.75) is 79.7 Å². The van der Waals surface area contributed by atoms with Crippen LogP contribution < -0.4 is 5.32 Å². The number of aromatic nitrogens is 2. The van der Waals surface area contributed by atoms with E-state index in [1.54, 1.807) is 0 Å². The molecule has 2 aromatic carbocycles. The number of anilines is 2. The van der Waals surface area contributed by atoms with Crippen LogP contribution in [-0.4, -0.2) is 9.55 Å². The summed E-state index contributed by atoms with van der Waals surface area (Å²) < 4.78 is 2.50. The zero-order chi connectivity index (χ0) is 21.6. The molecule has 2 atom stereocenters. The Hall–Kier alpha value is -2.29. The molecule has 1 aliphatic carbocycles. The van der Waals surface area contributed by atoms with Gasteiger partial charge in [-0.2, -0.15) is 0 Å². The number of aryl methyl sites for hydroxylation is 2. The zero-order valence-corrected chi connectivity index (χ0v) is 19.7. The van der Waals surface area contributed by atoms with Crippen LogP contribution in [0.3, 0.4) is 0 Å². The molecule has 0 saturated heterocycles. The first-order chi connectivity index (χ1) is 14.1. The highest BCUT2D eigenvalue weighted by Crippen LogP contribution is 2.46. The largest absolute Gasteiger partial charge is 0.326 e. The van der Waals surface area contributed by atoms with Gasteiger partial charge in [0.1, 0.15) is 0 Å². The lowest BCUT2D eigenvalue weighted by Crippen LogP contribution is -2.29. The van der Waals surface area contributed by atoms with Gasteiger partial charge in [0.25, 0.3) is 0 Å². The van der Waals surface area contributed by atoms with E-state index in [9.17, 15) is 0 Å². The Balaban J connectivity index is 1.80. The second-order valence-electron chi connectivity index (χ2n) is 10.7. The van der Waals surface area contributed by atoms with Gasteiger partial charge >= 0.3 is 0 Å². The van der Waals surface area contributed by atoms with E-state index in [1.807, 2.05) is 0 Å². The van der Waals surface area contributed by atoms with Crippen molar-refractivity contribution < 1.29 is 0 Å². The number of benzene rings is 2. The molecule has 3 heteroatoms. The molecule has 160 valence electrons. The third kappa shape index (κ3) is 4.12. The molecule has 1 N–H and O–H groups in total. The molecule has 0 spiro atoms. The summed E-state index contributed by atoms with van der Waals surface area (Å²) in [6.07, 6.45) is 3.70. The van der Waals surface area contributed by atoms with Gasteiger partial charge in [-0.3, -0.25) is 0 Å². The molecule has 1 aromatic heterocycles. The molecular formula is C27H37N3. The van der Waals surface area contributed by atoms with E-state index >= 15 is 0 Å². The highest BCUT2D eigenvalue weighted by Gasteiger charge is 2.34. The van der Waals surface area contributed by atoms with E-state index in [1.165, 1.54) is 41.5 Å². The molecule has 1 saturated carbocycles. The molecule has 4 rings (SSSR count). The first-order valence-electron chi connectivity index (χ1n) is 11.5. The maximum atomic E-state index is 5.11. The summed E-state index contributed by atoms with van der Waals surface area (Å²) in [7, 11) is 0. The van der Waals surface area contributed by atoms with Crippen molar-refractivity contribution in [1.29, 1.82) is 0 Å². The van der Waals surface area contributed by atoms with E-state index in [-0.39, 0.29) is 0 Å². The average molecular weight is 404 g/mol. The fourth-order valence-corrected chi connectivity index (χ4v) is 5.57. The summed E-state index contributed by atoms with van der Waals surface area (Å²) in [5.74, 6) is 2.24. The number of nitrogens with one attached hydrogen (secondary N) is 1. The van der Waals surface area contributed by atoms with Crippen molar-refractivity contribution in [3.8, 4) is 0 Å². The van der Waals surface area contributed by atoms with E-state index in [4.69, 9.17) is 4.98 Å². The third-order valence-electron chi connectivity index (χ3n) is 6.69. The lowest BCUT2D eigenvalue weighted by atomic mass is 9.70. The predicted molar refractivity (Wildman–Crippen MR) is 129 cm³/mol. The Kier molecular flexibility index (Phi) is 5.42. The van der Waals surface area contributed by atoms with E-state index < -0.39 is 0 Å². The van der Waals surface area contributed by atoms with Crippen molar-refractivity contribution in [1.82, 2.24) is 9.55 Å². The van der Waals surface area contributed by atoms with Crippen molar-refractivity contribution >= 4 is 22.7 Å². The maximum Gasteiger partial charge on any atom is 0.208 e. The highest BCUT2D eigenvalue weighted by atomic mass is 15.2. The smallest absolute Gasteiger partial charge is 0.208 e. The fourth-order valence-electron chi connectivity index (χ4n) is 5.57. The lowest BCUT2D eigenvalue weighted by Gasteiger charge is -2.40. The van der Waals surface area contributed by atoms with E-state index in [2.05, 4.69) is 94.7 Å². The van der Waals surface area contributed by atoms with Gasteiger partial charge in [-0.1, -0.05) is 52.8 Å². The molecule has 0 aliphatic heterocycles. The van der Waals surface area contributed by atoms with Crippen molar-refractivity contribution in [3.63, 3.8) is 0 Å². The van der Waals surface area contributed by atoms with Crippen LogP contribution in [-0.2, 0) is 0 Å². The Morgan fingerprint density at radius 3 is 2.40 bits per heavy atom. The molecule has 3 aromatic rings.